The van der Waals surface area contributed by atoms with Gasteiger partial charge < -0.3 is 10.2 Å². The normalized spacial score (nSPS) is 25.9. The molecule has 1 unspecified atom stereocenters. The molecule has 1 saturated heterocycles. The van der Waals surface area contributed by atoms with Crippen molar-refractivity contribution in [1.29, 1.82) is 0 Å². The zero-order valence-corrected chi connectivity index (χ0v) is 15.1. The highest BCUT2D eigenvalue weighted by molar-refractivity contribution is 9.11. The molecule has 1 aromatic carbocycles. The van der Waals surface area contributed by atoms with Gasteiger partial charge in [-0.25, -0.2) is 0 Å². The standard InChI is InChI=1S/C16H22Br2N2/c1-12-10-19-16(8-3-2-4-9-16)11-20(12)15-13(17)6-5-7-14(15)18/h5-7,12,19H,2-4,8-11H2,1H3. The van der Waals surface area contributed by atoms with Crippen LogP contribution in [0.2, 0.25) is 0 Å². The summed E-state index contributed by atoms with van der Waals surface area (Å²) in [6, 6.07) is 6.89. The second-order valence-electron chi connectivity index (χ2n) is 6.27. The van der Waals surface area contributed by atoms with Crippen LogP contribution in [0.4, 0.5) is 5.69 Å². The van der Waals surface area contributed by atoms with Crippen molar-refractivity contribution in [2.75, 3.05) is 18.0 Å². The molecule has 2 aliphatic rings. The van der Waals surface area contributed by atoms with E-state index in [2.05, 4.69) is 67.2 Å². The highest BCUT2D eigenvalue weighted by Crippen LogP contribution is 2.39. The molecule has 0 bridgehead atoms. The number of anilines is 1. The molecule has 2 nitrogen and oxygen atoms in total. The van der Waals surface area contributed by atoms with Crippen molar-refractivity contribution < 1.29 is 0 Å². The molecule has 1 spiro atoms. The summed E-state index contributed by atoms with van der Waals surface area (Å²) in [7, 11) is 0. The molecule has 3 rings (SSSR count). The second kappa shape index (κ2) is 5.98. The number of nitrogens with one attached hydrogen (secondary N) is 1. The minimum absolute atomic E-state index is 0.333. The number of rotatable bonds is 1. The summed E-state index contributed by atoms with van der Waals surface area (Å²) in [5, 5.41) is 3.85. The molecule has 1 saturated carbocycles. The fraction of sp³-hybridized carbons (Fsp3) is 0.625. The first kappa shape index (κ1) is 14.9. The second-order valence-corrected chi connectivity index (χ2v) is 7.98. The van der Waals surface area contributed by atoms with Crippen LogP contribution in [0.3, 0.4) is 0 Å². The van der Waals surface area contributed by atoms with Crippen LogP contribution in [0.1, 0.15) is 39.0 Å². The molecular formula is C16H22Br2N2. The smallest absolute Gasteiger partial charge is 0.0658 e. The Bertz CT molecular complexity index is 463. The Morgan fingerprint density at radius 3 is 2.45 bits per heavy atom. The molecule has 1 N–H and O–H groups in total. The van der Waals surface area contributed by atoms with Gasteiger partial charge in [0.25, 0.3) is 0 Å². The fourth-order valence-electron chi connectivity index (χ4n) is 3.64. The zero-order chi connectivity index (χ0) is 14.2. The van der Waals surface area contributed by atoms with E-state index in [1.807, 2.05) is 0 Å². The van der Waals surface area contributed by atoms with Gasteiger partial charge in [-0.3, -0.25) is 0 Å². The summed E-state index contributed by atoms with van der Waals surface area (Å²) in [5.74, 6) is 0. The number of nitrogens with zero attached hydrogens (tertiary/aromatic N) is 1. The molecule has 0 aromatic heterocycles. The first-order chi connectivity index (χ1) is 9.61. The Morgan fingerprint density at radius 1 is 1.15 bits per heavy atom. The number of piperazine rings is 1. The van der Waals surface area contributed by atoms with Gasteiger partial charge in [0, 0.05) is 33.6 Å². The largest absolute Gasteiger partial charge is 0.364 e. The van der Waals surface area contributed by atoms with Crippen LogP contribution in [-0.2, 0) is 0 Å². The van der Waals surface area contributed by atoms with Crippen LogP contribution in [0, 0.1) is 0 Å². The van der Waals surface area contributed by atoms with E-state index in [1.165, 1.54) is 46.7 Å². The van der Waals surface area contributed by atoms with Crippen LogP contribution in [-0.4, -0.2) is 24.7 Å². The molecule has 110 valence electrons. The number of hydrogen-bond acceptors (Lipinski definition) is 2. The van der Waals surface area contributed by atoms with Crippen LogP contribution >= 0.6 is 31.9 Å². The van der Waals surface area contributed by atoms with Gasteiger partial charge in [0.2, 0.25) is 0 Å². The van der Waals surface area contributed by atoms with Gasteiger partial charge in [-0.1, -0.05) is 25.3 Å². The van der Waals surface area contributed by atoms with Crippen LogP contribution < -0.4 is 10.2 Å². The van der Waals surface area contributed by atoms with Gasteiger partial charge in [0.05, 0.1) is 5.69 Å². The van der Waals surface area contributed by atoms with Gasteiger partial charge in [0.15, 0.2) is 0 Å². The molecule has 4 heteroatoms. The number of benzene rings is 1. The van der Waals surface area contributed by atoms with E-state index < -0.39 is 0 Å². The van der Waals surface area contributed by atoms with E-state index in [0.29, 0.717) is 11.6 Å². The van der Waals surface area contributed by atoms with Crippen molar-refractivity contribution in [3.8, 4) is 0 Å². The lowest BCUT2D eigenvalue weighted by atomic mass is 9.79. The number of hydrogen-bond donors (Lipinski definition) is 1. The molecule has 1 aromatic rings. The predicted molar refractivity (Wildman–Crippen MR) is 92.5 cm³/mol. The third kappa shape index (κ3) is 2.79. The van der Waals surface area contributed by atoms with Crippen molar-refractivity contribution in [3.63, 3.8) is 0 Å². The molecule has 1 atom stereocenters. The molecule has 1 aliphatic heterocycles. The SMILES string of the molecule is CC1CNC2(CCCCC2)CN1c1c(Br)cccc1Br. The van der Waals surface area contributed by atoms with E-state index in [1.54, 1.807) is 0 Å². The Labute approximate surface area is 138 Å². The van der Waals surface area contributed by atoms with Crippen molar-refractivity contribution in [2.45, 2.75) is 50.6 Å². The Kier molecular flexibility index (Phi) is 4.44. The van der Waals surface area contributed by atoms with E-state index >= 15 is 0 Å². The first-order valence-corrected chi connectivity index (χ1v) is 9.16. The predicted octanol–water partition coefficient (Wildman–Crippen LogP) is 4.71. The monoisotopic (exact) mass is 400 g/mol. The fourth-order valence-corrected chi connectivity index (χ4v) is 5.09. The quantitative estimate of drug-likeness (QED) is 0.732. The van der Waals surface area contributed by atoms with E-state index in [9.17, 15) is 0 Å². The number of para-hydroxylation sites is 1. The molecule has 0 amide bonds. The maximum atomic E-state index is 3.85. The summed E-state index contributed by atoms with van der Waals surface area (Å²) in [6.45, 7) is 4.51. The lowest BCUT2D eigenvalue weighted by molar-refractivity contribution is 0.200. The Morgan fingerprint density at radius 2 is 1.80 bits per heavy atom. The molecule has 1 aliphatic carbocycles. The molecular weight excluding hydrogens is 380 g/mol. The van der Waals surface area contributed by atoms with Crippen LogP contribution in [0.25, 0.3) is 0 Å². The van der Waals surface area contributed by atoms with Crippen molar-refractivity contribution in [1.82, 2.24) is 5.32 Å². The van der Waals surface area contributed by atoms with Gasteiger partial charge in [0.1, 0.15) is 0 Å². The molecule has 2 fully saturated rings. The van der Waals surface area contributed by atoms with E-state index in [-0.39, 0.29) is 0 Å². The van der Waals surface area contributed by atoms with Crippen molar-refractivity contribution >= 4 is 37.5 Å². The average molecular weight is 402 g/mol. The average Bonchev–Trinajstić information content (AvgIpc) is 2.44. The lowest BCUT2D eigenvalue weighted by Crippen LogP contribution is -2.64. The summed E-state index contributed by atoms with van der Waals surface area (Å²) >= 11 is 7.46. The summed E-state index contributed by atoms with van der Waals surface area (Å²) in [6.07, 6.45) is 6.77. The van der Waals surface area contributed by atoms with Gasteiger partial charge in [-0.2, -0.15) is 0 Å². The third-order valence-electron chi connectivity index (χ3n) is 4.81. The van der Waals surface area contributed by atoms with Gasteiger partial charge in [-0.15, -0.1) is 0 Å². The highest BCUT2D eigenvalue weighted by atomic mass is 79.9. The zero-order valence-electron chi connectivity index (χ0n) is 12.0. The summed E-state index contributed by atoms with van der Waals surface area (Å²) in [5.41, 5.74) is 1.64. The molecule has 20 heavy (non-hydrogen) atoms. The van der Waals surface area contributed by atoms with Crippen molar-refractivity contribution in [3.05, 3.63) is 27.1 Å². The van der Waals surface area contributed by atoms with E-state index in [4.69, 9.17) is 0 Å². The molecule has 1 heterocycles. The Balaban J connectivity index is 1.91. The minimum Gasteiger partial charge on any atom is -0.364 e. The summed E-state index contributed by atoms with van der Waals surface area (Å²) < 4.78 is 2.37. The Hall–Kier alpha value is -0.0600. The maximum absolute atomic E-state index is 3.85. The lowest BCUT2D eigenvalue weighted by Gasteiger charge is -2.50. The van der Waals surface area contributed by atoms with Crippen LogP contribution in [0.5, 0.6) is 0 Å². The minimum atomic E-state index is 0.333. The third-order valence-corrected chi connectivity index (χ3v) is 6.09. The maximum Gasteiger partial charge on any atom is 0.0658 e. The van der Waals surface area contributed by atoms with Crippen LogP contribution in [0.15, 0.2) is 27.1 Å². The first-order valence-electron chi connectivity index (χ1n) is 7.57. The van der Waals surface area contributed by atoms with Gasteiger partial charge in [-0.05, 0) is 63.8 Å². The number of halogens is 2. The highest BCUT2D eigenvalue weighted by Gasteiger charge is 2.39. The van der Waals surface area contributed by atoms with Crippen molar-refractivity contribution in [2.24, 2.45) is 0 Å². The van der Waals surface area contributed by atoms with E-state index in [0.717, 1.165) is 13.1 Å². The van der Waals surface area contributed by atoms with Gasteiger partial charge >= 0.3 is 0 Å². The topological polar surface area (TPSA) is 15.3 Å². The molecule has 0 radical (unpaired) electrons. The summed E-state index contributed by atoms with van der Waals surface area (Å²) in [4.78, 5) is 2.58.